The van der Waals surface area contributed by atoms with E-state index in [1.54, 1.807) is 31.2 Å². The summed E-state index contributed by atoms with van der Waals surface area (Å²) in [5.74, 6) is -0.648. The molecule has 0 fully saturated rings. The molecule has 0 aliphatic heterocycles. The van der Waals surface area contributed by atoms with Crippen LogP contribution in [0.5, 0.6) is 0 Å². The second-order valence-corrected chi connectivity index (χ2v) is 5.40. The highest BCUT2D eigenvalue weighted by Crippen LogP contribution is 2.28. The number of benzene rings is 2. The average Bonchev–Trinajstić information content (AvgIpc) is 2.36. The minimum atomic E-state index is -0.349. The Morgan fingerprint density at radius 1 is 1.16 bits per heavy atom. The van der Waals surface area contributed by atoms with Crippen LogP contribution in [0.3, 0.4) is 0 Å². The Morgan fingerprint density at radius 2 is 1.84 bits per heavy atom. The SMILES string of the molecule is CC(Nc1cc(F)c(I)cc1N)c1ccccc1F. The molecule has 3 N–H and O–H groups in total. The highest BCUT2D eigenvalue weighted by molar-refractivity contribution is 14.1. The van der Waals surface area contributed by atoms with E-state index in [2.05, 4.69) is 5.32 Å². The zero-order valence-corrected chi connectivity index (χ0v) is 12.4. The molecule has 2 aromatic rings. The van der Waals surface area contributed by atoms with Gasteiger partial charge in [0.15, 0.2) is 0 Å². The first kappa shape index (κ1) is 14.0. The van der Waals surface area contributed by atoms with Gasteiger partial charge < -0.3 is 11.1 Å². The van der Waals surface area contributed by atoms with Gasteiger partial charge in [0.25, 0.3) is 0 Å². The van der Waals surface area contributed by atoms with E-state index in [1.165, 1.54) is 12.1 Å². The van der Waals surface area contributed by atoms with Gasteiger partial charge >= 0.3 is 0 Å². The first-order valence-electron chi connectivity index (χ1n) is 5.74. The van der Waals surface area contributed by atoms with E-state index in [4.69, 9.17) is 5.73 Å². The molecule has 2 nitrogen and oxygen atoms in total. The van der Waals surface area contributed by atoms with E-state index in [9.17, 15) is 8.78 Å². The Kier molecular flexibility index (Phi) is 4.24. The zero-order valence-electron chi connectivity index (χ0n) is 10.3. The van der Waals surface area contributed by atoms with Crippen molar-refractivity contribution in [3.63, 3.8) is 0 Å². The van der Waals surface area contributed by atoms with Crippen LogP contribution in [0.2, 0.25) is 0 Å². The van der Waals surface area contributed by atoms with Gasteiger partial charge in [-0.1, -0.05) is 18.2 Å². The maximum atomic E-state index is 13.6. The number of halogens is 3. The van der Waals surface area contributed by atoms with E-state index in [-0.39, 0.29) is 17.7 Å². The molecule has 0 amide bonds. The molecule has 0 aromatic heterocycles. The highest BCUT2D eigenvalue weighted by atomic mass is 127. The van der Waals surface area contributed by atoms with Crippen LogP contribution in [0, 0.1) is 15.2 Å². The predicted molar refractivity (Wildman–Crippen MR) is 82.0 cm³/mol. The van der Waals surface area contributed by atoms with Crippen LogP contribution in [0.1, 0.15) is 18.5 Å². The second-order valence-electron chi connectivity index (χ2n) is 4.24. The Bertz CT molecular complexity index is 602. The van der Waals surface area contributed by atoms with Crippen molar-refractivity contribution in [2.45, 2.75) is 13.0 Å². The van der Waals surface area contributed by atoms with Crippen LogP contribution in [-0.4, -0.2) is 0 Å². The van der Waals surface area contributed by atoms with Crippen LogP contribution >= 0.6 is 22.6 Å². The summed E-state index contributed by atoms with van der Waals surface area (Å²) in [4.78, 5) is 0. The molecule has 0 saturated carbocycles. The predicted octanol–water partition coefficient (Wildman–Crippen LogP) is 4.32. The Balaban J connectivity index is 2.27. The number of rotatable bonds is 3. The van der Waals surface area contributed by atoms with Crippen molar-refractivity contribution in [2.75, 3.05) is 11.1 Å². The van der Waals surface area contributed by atoms with Crippen LogP contribution in [0.25, 0.3) is 0 Å². The molecule has 0 radical (unpaired) electrons. The van der Waals surface area contributed by atoms with E-state index in [0.717, 1.165) is 0 Å². The topological polar surface area (TPSA) is 38.0 Å². The van der Waals surface area contributed by atoms with Crippen LogP contribution in [0.15, 0.2) is 36.4 Å². The normalized spacial score (nSPS) is 12.2. The molecule has 0 aliphatic carbocycles. The van der Waals surface area contributed by atoms with Crippen molar-refractivity contribution in [3.05, 3.63) is 57.2 Å². The monoisotopic (exact) mass is 374 g/mol. The third kappa shape index (κ3) is 3.15. The fourth-order valence-corrected chi connectivity index (χ4v) is 2.32. The summed E-state index contributed by atoms with van der Waals surface area (Å²) in [6.07, 6.45) is 0. The minimum absolute atomic E-state index is 0.299. The van der Waals surface area contributed by atoms with Gasteiger partial charge in [-0.05, 0) is 41.6 Å². The molecule has 0 heterocycles. The van der Waals surface area contributed by atoms with E-state index < -0.39 is 0 Å². The zero-order chi connectivity index (χ0) is 14.0. The fraction of sp³-hybridized carbons (Fsp3) is 0.143. The first-order valence-corrected chi connectivity index (χ1v) is 6.82. The van der Waals surface area contributed by atoms with Crippen molar-refractivity contribution in [2.24, 2.45) is 0 Å². The molecule has 19 heavy (non-hydrogen) atoms. The van der Waals surface area contributed by atoms with Crippen molar-refractivity contribution in [3.8, 4) is 0 Å². The number of nitrogens with one attached hydrogen (secondary N) is 1. The molecule has 0 saturated heterocycles. The molecule has 1 unspecified atom stereocenters. The summed E-state index contributed by atoms with van der Waals surface area (Å²) in [5.41, 5.74) is 7.25. The number of nitrogens with two attached hydrogens (primary N) is 1. The van der Waals surface area contributed by atoms with Crippen molar-refractivity contribution in [1.82, 2.24) is 0 Å². The standard InChI is InChI=1S/C14H13F2IN2/c1-8(9-4-2-3-5-10(9)15)19-14-6-11(16)12(17)7-13(14)18/h2-8,19H,18H2,1H3. The number of hydrogen-bond acceptors (Lipinski definition) is 2. The van der Waals surface area contributed by atoms with E-state index in [0.29, 0.717) is 20.5 Å². The highest BCUT2D eigenvalue weighted by Gasteiger charge is 2.13. The molecule has 0 bridgehead atoms. The lowest BCUT2D eigenvalue weighted by molar-refractivity contribution is 0.600. The van der Waals surface area contributed by atoms with Crippen LogP contribution < -0.4 is 11.1 Å². The second kappa shape index (κ2) is 5.73. The van der Waals surface area contributed by atoms with Crippen molar-refractivity contribution < 1.29 is 8.78 Å². The summed E-state index contributed by atoms with van der Waals surface area (Å²) in [5, 5.41) is 3.03. The quantitative estimate of drug-likeness (QED) is 0.620. The van der Waals surface area contributed by atoms with Gasteiger partial charge in [-0.3, -0.25) is 0 Å². The lowest BCUT2D eigenvalue weighted by atomic mass is 10.1. The summed E-state index contributed by atoms with van der Waals surface area (Å²) in [7, 11) is 0. The summed E-state index contributed by atoms with van der Waals surface area (Å²) in [6, 6.07) is 9.04. The molecule has 0 spiro atoms. The third-order valence-corrected chi connectivity index (χ3v) is 3.66. The third-order valence-electron chi connectivity index (χ3n) is 2.84. The van der Waals surface area contributed by atoms with Gasteiger partial charge in [0, 0.05) is 11.6 Å². The molecule has 0 aliphatic rings. The maximum absolute atomic E-state index is 13.6. The van der Waals surface area contributed by atoms with E-state index >= 15 is 0 Å². The van der Waals surface area contributed by atoms with E-state index in [1.807, 2.05) is 22.6 Å². The van der Waals surface area contributed by atoms with Crippen molar-refractivity contribution in [1.29, 1.82) is 0 Å². The molecule has 100 valence electrons. The van der Waals surface area contributed by atoms with Gasteiger partial charge in [-0.25, -0.2) is 8.78 Å². The van der Waals surface area contributed by atoms with Gasteiger partial charge in [0.2, 0.25) is 0 Å². The average molecular weight is 374 g/mol. The molecular weight excluding hydrogens is 361 g/mol. The van der Waals surface area contributed by atoms with Crippen molar-refractivity contribution >= 4 is 34.0 Å². The van der Waals surface area contributed by atoms with Gasteiger partial charge in [-0.15, -0.1) is 0 Å². The molecule has 2 aromatic carbocycles. The lowest BCUT2D eigenvalue weighted by Crippen LogP contribution is -2.10. The number of hydrogen-bond donors (Lipinski definition) is 2. The van der Waals surface area contributed by atoms with Crippen LogP contribution in [0.4, 0.5) is 20.2 Å². The fourth-order valence-electron chi connectivity index (χ4n) is 1.82. The molecular formula is C14H13F2IN2. The summed E-state index contributed by atoms with van der Waals surface area (Å²) >= 11 is 1.87. The number of anilines is 2. The Morgan fingerprint density at radius 3 is 2.53 bits per heavy atom. The maximum Gasteiger partial charge on any atom is 0.138 e. The van der Waals surface area contributed by atoms with Crippen LogP contribution in [-0.2, 0) is 0 Å². The van der Waals surface area contributed by atoms with Gasteiger partial charge in [-0.2, -0.15) is 0 Å². The minimum Gasteiger partial charge on any atom is -0.397 e. The summed E-state index contributed by atoms with van der Waals surface area (Å²) in [6.45, 7) is 1.80. The largest absolute Gasteiger partial charge is 0.397 e. The Labute approximate surface area is 124 Å². The molecule has 5 heteroatoms. The number of nitrogen functional groups attached to an aromatic ring is 1. The lowest BCUT2D eigenvalue weighted by Gasteiger charge is -2.18. The molecule has 1 atom stereocenters. The summed E-state index contributed by atoms with van der Waals surface area (Å²) < 4.78 is 27.6. The smallest absolute Gasteiger partial charge is 0.138 e. The van der Waals surface area contributed by atoms with Gasteiger partial charge in [0.05, 0.1) is 21.0 Å². The first-order chi connectivity index (χ1) is 8.99. The molecule has 2 rings (SSSR count). The Hall–Kier alpha value is -1.37. The van der Waals surface area contributed by atoms with Gasteiger partial charge in [0.1, 0.15) is 11.6 Å².